The second kappa shape index (κ2) is 5.08. The second-order valence-electron chi connectivity index (χ2n) is 6.12. The number of nitrogens with one attached hydrogen (secondary N) is 1. The lowest BCUT2D eigenvalue weighted by Gasteiger charge is -2.26. The first kappa shape index (κ1) is 15.2. The molecule has 1 fully saturated rings. The summed E-state index contributed by atoms with van der Waals surface area (Å²) < 4.78 is 7.17. The summed E-state index contributed by atoms with van der Waals surface area (Å²) in [4.78, 5) is 15.7. The summed E-state index contributed by atoms with van der Waals surface area (Å²) in [5.41, 5.74) is 0.127. The second-order valence-corrected chi connectivity index (χ2v) is 6.12. The van der Waals surface area contributed by atoms with Gasteiger partial charge in [0.1, 0.15) is 35.8 Å². The van der Waals surface area contributed by atoms with Gasteiger partial charge in [-0.25, -0.2) is 9.50 Å². The van der Waals surface area contributed by atoms with E-state index in [1.807, 2.05) is 0 Å². The van der Waals surface area contributed by atoms with Crippen molar-refractivity contribution < 1.29 is 24.9 Å². The molecule has 4 atom stereocenters. The van der Waals surface area contributed by atoms with E-state index in [-0.39, 0.29) is 5.91 Å². The van der Waals surface area contributed by atoms with E-state index in [1.165, 1.54) is 23.8 Å². The molecular formula is C15H16N4O5. The molecule has 0 aliphatic carbocycles. The Morgan fingerprint density at radius 3 is 2.96 bits per heavy atom. The molecule has 0 spiro atoms. The topological polar surface area (TPSA) is 129 Å². The molecule has 0 bridgehead atoms. The number of carbonyl (C=O) groups is 1. The van der Waals surface area contributed by atoms with Crippen molar-refractivity contribution in [2.24, 2.45) is 0 Å². The third kappa shape index (κ3) is 1.99. The van der Waals surface area contributed by atoms with E-state index >= 15 is 0 Å². The van der Waals surface area contributed by atoms with Crippen molar-refractivity contribution >= 4 is 23.3 Å². The van der Waals surface area contributed by atoms with Crippen molar-refractivity contribution in [3.05, 3.63) is 29.7 Å². The molecule has 1 saturated heterocycles. The van der Waals surface area contributed by atoms with Crippen molar-refractivity contribution in [1.29, 1.82) is 0 Å². The van der Waals surface area contributed by atoms with Gasteiger partial charge in [-0.2, -0.15) is 5.10 Å². The molecule has 4 N–H and O–H groups in total. The number of aliphatic hydroxyl groups excluding tert-OH is 2. The fourth-order valence-electron chi connectivity index (χ4n) is 3.26. The monoisotopic (exact) mass is 332 g/mol. The van der Waals surface area contributed by atoms with E-state index in [0.29, 0.717) is 22.6 Å². The highest BCUT2D eigenvalue weighted by Crippen LogP contribution is 2.43. The normalized spacial score (nSPS) is 32.2. The van der Waals surface area contributed by atoms with Gasteiger partial charge >= 0.3 is 0 Å². The standard InChI is InChI=1S/C15H16N4O5/c1-15(23)12(22)9(5-20)24-13(15)8-4-7-2-3-10(21)18-14-11(7)19(8)17-6-16-14/h2-4,6,9,12-13,20,22-23H,5H2,1H3,(H,16,17,18,21)/t9?,12-,13+,15-/m1/s1. The van der Waals surface area contributed by atoms with Crippen molar-refractivity contribution in [3.8, 4) is 0 Å². The number of aliphatic hydroxyl groups is 3. The molecule has 2 aliphatic rings. The largest absolute Gasteiger partial charge is 0.394 e. The van der Waals surface area contributed by atoms with Crippen LogP contribution in [0.5, 0.6) is 0 Å². The first-order valence-corrected chi connectivity index (χ1v) is 7.46. The highest BCUT2D eigenvalue weighted by Gasteiger charge is 2.53. The molecule has 1 amide bonds. The van der Waals surface area contributed by atoms with Gasteiger partial charge in [0.05, 0.1) is 12.3 Å². The third-order valence-corrected chi connectivity index (χ3v) is 4.51. The van der Waals surface area contributed by atoms with Crippen molar-refractivity contribution in [2.45, 2.75) is 30.8 Å². The lowest BCUT2D eigenvalue weighted by molar-refractivity contribution is -0.111. The van der Waals surface area contributed by atoms with Crippen LogP contribution in [0.25, 0.3) is 11.6 Å². The Morgan fingerprint density at radius 2 is 2.25 bits per heavy atom. The number of ether oxygens (including phenoxy) is 1. The van der Waals surface area contributed by atoms with Crippen LogP contribution in [0.4, 0.5) is 5.82 Å². The fourth-order valence-corrected chi connectivity index (χ4v) is 3.26. The first-order chi connectivity index (χ1) is 11.4. The smallest absolute Gasteiger partial charge is 0.249 e. The molecule has 4 rings (SSSR count). The van der Waals surface area contributed by atoms with Gasteiger partial charge in [0.25, 0.3) is 0 Å². The van der Waals surface area contributed by atoms with Crippen molar-refractivity contribution in [2.75, 3.05) is 11.9 Å². The Bertz CT molecular complexity index is 859. The molecule has 9 heteroatoms. The van der Waals surface area contributed by atoms with E-state index in [0.717, 1.165) is 0 Å². The van der Waals surface area contributed by atoms with Gasteiger partial charge in [-0.05, 0) is 19.1 Å². The number of anilines is 1. The van der Waals surface area contributed by atoms with E-state index in [1.54, 1.807) is 12.1 Å². The number of carbonyl (C=O) groups excluding carboxylic acids is 1. The SMILES string of the molecule is C[C@@]1(O)[C@H](O)C(CO)O[C@H]1c1cc2c3c(ncnn13)NC(=O)C=C2. The molecule has 0 saturated carbocycles. The number of nitrogens with zero attached hydrogens (tertiary/aromatic N) is 3. The summed E-state index contributed by atoms with van der Waals surface area (Å²) in [6.45, 7) is 1.03. The molecule has 4 heterocycles. The minimum absolute atomic E-state index is 0.298. The van der Waals surface area contributed by atoms with Crippen LogP contribution in [0, 0.1) is 0 Å². The average molecular weight is 332 g/mol. The zero-order valence-corrected chi connectivity index (χ0v) is 12.7. The zero-order valence-electron chi connectivity index (χ0n) is 12.7. The number of hydrogen-bond acceptors (Lipinski definition) is 7. The van der Waals surface area contributed by atoms with Gasteiger partial charge in [0, 0.05) is 11.6 Å². The lowest BCUT2D eigenvalue weighted by atomic mass is 9.91. The van der Waals surface area contributed by atoms with E-state index in [2.05, 4.69) is 15.4 Å². The summed E-state index contributed by atoms with van der Waals surface area (Å²) in [6, 6.07) is 1.72. The van der Waals surface area contributed by atoms with Gasteiger partial charge < -0.3 is 25.4 Å². The van der Waals surface area contributed by atoms with Crippen LogP contribution in [0.15, 0.2) is 18.5 Å². The Labute approximate surface area is 136 Å². The van der Waals surface area contributed by atoms with Crippen LogP contribution >= 0.6 is 0 Å². The van der Waals surface area contributed by atoms with Crippen LogP contribution < -0.4 is 5.32 Å². The van der Waals surface area contributed by atoms with E-state index in [4.69, 9.17) is 4.74 Å². The Morgan fingerprint density at radius 1 is 1.46 bits per heavy atom. The predicted molar refractivity (Wildman–Crippen MR) is 82.0 cm³/mol. The van der Waals surface area contributed by atoms with Crippen molar-refractivity contribution in [1.82, 2.24) is 14.6 Å². The van der Waals surface area contributed by atoms with E-state index < -0.39 is 30.5 Å². The van der Waals surface area contributed by atoms with Gasteiger partial charge in [0.15, 0.2) is 5.82 Å². The zero-order chi connectivity index (χ0) is 17.1. The molecular weight excluding hydrogens is 316 g/mol. The maximum Gasteiger partial charge on any atom is 0.249 e. The highest BCUT2D eigenvalue weighted by molar-refractivity contribution is 6.07. The quantitative estimate of drug-likeness (QED) is 0.569. The van der Waals surface area contributed by atoms with Crippen LogP contribution in [0.2, 0.25) is 0 Å². The maximum absolute atomic E-state index is 11.7. The highest BCUT2D eigenvalue weighted by atomic mass is 16.6. The molecule has 1 unspecified atom stereocenters. The molecule has 2 aromatic heterocycles. The lowest BCUT2D eigenvalue weighted by Crippen LogP contribution is -2.43. The molecule has 0 radical (unpaired) electrons. The number of rotatable bonds is 2. The Kier molecular flexibility index (Phi) is 3.22. The first-order valence-electron chi connectivity index (χ1n) is 7.46. The van der Waals surface area contributed by atoms with Gasteiger partial charge in [0.2, 0.25) is 5.91 Å². The van der Waals surface area contributed by atoms with Gasteiger partial charge in [-0.15, -0.1) is 0 Å². The summed E-state index contributed by atoms with van der Waals surface area (Å²) in [7, 11) is 0. The Balaban J connectivity index is 1.90. The van der Waals surface area contributed by atoms with E-state index in [9.17, 15) is 20.1 Å². The minimum Gasteiger partial charge on any atom is -0.394 e. The summed E-state index contributed by atoms with van der Waals surface area (Å²) in [6.07, 6.45) is 1.23. The summed E-state index contributed by atoms with van der Waals surface area (Å²) in [5.74, 6) is 0.0476. The third-order valence-electron chi connectivity index (χ3n) is 4.51. The number of amides is 1. The number of aromatic nitrogens is 3. The molecule has 2 aromatic rings. The molecule has 24 heavy (non-hydrogen) atoms. The molecule has 0 aromatic carbocycles. The molecule has 9 nitrogen and oxygen atoms in total. The minimum atomic E-state index is -1.61. The number of hydrogen-bond donors (Lipinski definition) is 4. The molecule has 2 aliphatic heterocycles. The Hall–Kier alpha value is -2.33. The van der Waals surface area contributed by atoms with Crippen molar-refractivity contribution in [3.63, 3.8) is 0 Å². The maximum atomic E-state index is 11.7. The summed E-state index contributed by atoms with van der Waals surface area (Å²) in [5, 5.41) is 37.0. The van der Waals surface area contributed by atoms with Gasteiger partial charge in [-0.1, -0.05) is 0 Å². The average Bonchev–Trinajstić information content (AvgIpc) is 2.95. The van der Waals surface area contributed by atoms with Crippen LogP contribution in [0.1, 0.15) is 24.3 Å². The fraction of sp³-hybridized carbons (Fsp3) is 0.400. The summed E-state index contributed by atoms with van der Waals surface area (Å²) >= 11 is 0. The van der Waals surface area contributed by atoms with Crippen LogP contribution in [-0.2, 0) is 9.53 Å². The molecule has 126 valence electrons. The van der Waals surface area contributed by atoms with Gasteiger partial charge in [-0.3, -0.25) is 4.79 Å². The predicted octanol–water partition coefficient (Wildman–Crippen LogP) is -0.761. The van der Waals surface area contributed by atoms with Crippen LogP contribution in [-0.4, -0.2) is 60.2 Å². The van der Waals surface area contributed by atoms with Crippen LogP contribution in [0.3, 0.4) is 0 Å².